The predicted octanol–water partition coefficient (Wildman–Crippen LogP) is 4.65. The van der Waals surface area contributed by atoms with E-state index >= 15 is 0 Å². The van der Waals surface area contributed by atoms with E-state index in [2.05, 4.69) is 36.5 Å². The Morgan fingerprint density at radius 3 is 2.50 bits per heavy atom. The Morgan fingerprint density at radius 2 is 1.97 bits per heavy atom. The first-order valence-corrected chi connectivity index (χ1v) is 10.6. The molecule has 1 aliphatic carbocycles. The third-order valence-electron chi connectivity index (χ3n) is 5.83. The van der Waals surface area contributed by atoms with Crippen LogP contribution in [0.3, 0.4) is 0 Å². The number of carboxylic acid groups (broad SMARTS) is 1. The number of carbonyl (C=O) groups excluding carboxylic acids is 1. The predicted molar refractivity (Wildman–Crippen MR) is 118 cm³/mol. The summed E-state index contributed by atoms with van der Waals surface area (Å²) in [5, 5.41) is 16.1. The molecular weight excluding hydrogens is 380 g/mol. The molecule has 0 bridgehead atoms. The van der Waals surface area contributed by atoms with Crippen LogP contribution >= 0.6 is 0 Å². The van der Waals surface area contributed by atoms with Gasteiger partial charge in [-0.3, -0.25) is 4.79 Å². The standard InChI is InChI=1S/C24H34N2O4/c1-6-16(2)13-14-25-22(27)15-18-7-9-19(10-8-18)21-12-11-20(21)17(3)26-30-24(4,5)23(28)29/h7-10,13-14,16,20-21H,6,11-12,15H2,1-5H3,(H,25,27)(H,28,29)/b14-13+,26-17+/t16-,20?,21?/m1/s1. The van der Waals surface area contributed by atoms with Crippen LogP contribution in [0.4, 0.5) is 0 Å². The van der Waals surface area contributed by atoms with Crippen LogP contribution in [0, 0.1) is 11.8 Å². The summed E-state index contributed by atoms with van der Waals surface area (Å²) in [6.45, 7) is 9.09. The van der Waals surface area contributed by atoms with Crippen molar-refractivity contribution in [2.24, 2.45) is 17.0 Å². The van der Waals surface area contributed by atoms with Crippen LogP contribution in [0.2, 0.25) is 0 Å². The molecule has 2 unspecified atom stereocenters. The summed E-state index contributed by atoms with van der Waals surface area (Å²) >= 11 is 0. The van der Waals surface area contributed by atoms with Gasteiger partial charge in [-0.25, -0.2) is 4.79 Å². The van der Waals surface area contributed by atoms with Crippen LogP contribution in [-0.4, -0.2) is 28.3 Å². The molecule has 2 rings (SSSR count). The van der Waals surface area contributed by atoms with Gasteiger partial charge in [-0.2, -0.15) is 0 Å². The number of nitrogens with zero attached hydrogens (tertiary/aromatic N) is 1. The van der Waals surface area contributed by atoms with Crippen molar-refractivity contribution >= 4 is 17.6 Å². The van der Waals surface area contributed by atoms with E-state index in [0.717, 1.165) is 30.5 Å². The van der Waals surface area contributed by atoms with Crippen molar-refractivity contribution < 1.29 is 19.5 Å². The Labute approximate surface area is 179 Å². The fourth-order valence-electron chi connectivity index (χ4n) is 3.25. The lowest BCUT2D eigenvalue weighted by molar-refractivity contribution is -0.161. The lowest BCUT2D eigenvalue weighted by atomic mass is 9.68. The average molecular weight is 415 g/mol. The lowest BCUT2D eigenvalue weighted by Crippen LogP contribution is -2.35. The van der Waals surface area contributed by atoms with Crippen LogP contribution in [0.1, 0.15) is 70.9 Å². The number of rotatable bonds is 10. The molecule has 1 fully saturated rings. The number of aliphatic carboxylic acids is 1. The summed E-state index contributed by atoms with van der Waals surface area (Å²) in [5.74, 6) is -0.0298. The number of carbonyl (C=O) groups is 2. The number of oxime groups is 1. The van der Waals surface area contributed by atoms with Crippen LogP contribution in [-0.2, 0) is 20.8 Å². The van der Waals surface area contributed by atoms with Gasteiger partial charge in [0.15, 0.2) is 0 Å². The second-order valence-electron chi connectivity index (χ2n) is 8.66. The molecule has 30 heavy (non-hydrogen) atoms. The Morgan fingerprint density at radius 1 is 1.30 bits per heavy atom. The number of carboxylic acids is 1. The maximum atomic E-state index is 12.1. The Bertz CT molecular complexity index is 796. The van der Waals surface area contributed by atoms with E-state index in [1.165, 1.54) is 19.4 Å². The van der Waals surface area contributed by atoms with Crippen LogP contribution in [0.25, 0.3) is 0 Å². The number of hydrogen-bond donors (Lipinski definition) is 2. The highest BCUT2D eigenvalue weighted by molar-refractivity contribution is 5.86. The van der Waals surface area contributed by atoms with Gasteiger partial charge >= 0.3 is 5.97 Å². The van der Waals surface area contributed by atoms with Crippen molar-refractivity contribution in [3.05, 3.63) is 47.7 Å². The zero-order valence-electron chi connectivity index (χ0n) is 18.6. The number of amides is 1. The summed E-state index contributed by atoms with van der Waals surface area (Å²) in [6, 6.07) is 8.14. The molecule has 1 aromatic carbocycles. The van der Waals surface area contributed by atoms with Gasteiger partial charge in [-0.1, -0.05) is 55.8 Å². The maximum Gasteiger partial charge on any atom is 0.350 e. The van der Waals surface area contributed by atoms with Crippen molar-refractivity contribution in [2.75, 3.05) is 0 Å². The fourth-order valence-corrected chi connectivity index (χ4v) is 3.25. The Hall–Kier alpha value is -2.63. The minimum absolute atomic E-state index is 0.0232. The van der Waals surface area contributed by atoms with E-state index in [9.17, 15) is 9.59 Å². The molecule has 0 spiro atoms. The van der Waals surface area contributed by atoms with Crippen LogP contribution < -0.4 is 5.32 Å². The van der Waals surface area contributed by atoms with Gasteiger partial charge in [-0.15, -0.1) is 0 Å². The Balaban J connectivity index is 1.92. The molecule has 6 nitrogen and oxygen atoms in total. The summed E-state index contributed by atoms with van der Waals surface area (Å²) in [7, 11) is 0. The molecule has 0 aromatic heterocycles. The molecule has 0 saturated heterocycles. The van der Waals surface area contributed by atoms with Crippen LogP contribution in [0.15, 0.2) is 41.7 Å². The number of benzene rings is 1. The first-order valence-electron chi connectivity index (χ1n) is 10.6. The summed E-state index contributed by atoms with van der Waals surface area (Å²) < 4.78 is 0. The van der Waals surface area contributed by atoms with Gasteiger partial charge in [0.25, 0.3) is 0 Å². The molecule has 0 aliphatic heterocycles. The molecular formula is C24H34N2O4. The minimum atomic E-state index is -1.34. The molecule has 3 atom stereocenters. The smallest absolute Gasteiger partial charge is 0.350 e. The summed E-state index contributed by atoms with van der Waals surface area (Å²) in [4.78, 5) is 28.5. The first kappa shape index (κ1) is 23.6. The molecule has 1 amide bonds. The zero-order chi connectivity index (χ0) is 22.3. The van der Waals surface area contributed by atoms with Crippen molar-refractivity contribution in [3.8, 4) is 0 Å². The molecule has 6 heteroatoms. The number of nitrogens with one attached hydrogen (secondary N) is 1. The van der Waals surface area contributed by atoms with E-state index in [0.29, 0.717) is 18.3 Å². The zero-order valence-corrected chi connectivity index (χ0v) is 18.6. The summed E-state index contributed by atoms with van der Waals surface area (Å²) in [6.07, 6.45) is 7.19. The van der Waals surface area contributed by atoms with Crippen molar-refractivity contribution in [1.82, 2.24) is 5.32 Å². The highest BCUT2D eigenvalue weighted by Crippen LogP contribution is 2.43. The highest BCUT2D eigenvalue weighted by Gasteiger charge is 2.35. The lowest BCUT2D eigenvalue weighted by Gasteiger charge is -2.37. The topological polar surface area (TPSA) is 88.0 Å². The van der Waals surface area contributed by atoms with E-state index < -0.39 is 11.6 Å². The highest BCUT2D eigenvalue weighted by atomic mass is 16.7. The fraction of sp³-hybridized carbons (Fsp3) is 0.542. The SMILES string of the molecule is CC[C@@H](C)/C=C/NC(=O)Cc1ccc(C2CCC2/C(C)=N/OC(C)(C)C(=O)O)cc1. The van der Waals surface area contributed by atoms with E-state index in [1.807, 2.05) is 25.1 Å². The maximum absolute atomic E-state index is 12.1. The van der Waals surface area contributed by atoms with Crippen molar-refractivity contribution in [3.63, 3.8) is 0 Å². The normalized spacial score (nSPS) is 20.5. The van der Waals surface area contributed by atoms with E-state index in [4.69, 9.17) is 9.94 Å². The van der Waals surface area contributed by atoms with Gasteiger partial charge in [-0.05, 0) is 62.8 Å². The van der Waals surface area contributed by atoms with E-state index in [1.54, 1.807) is 6.20 Å². The molecule has 1 aliphatic rings. The van der Waals surface area contributed by atoms with Gasteiger partial charge in [0, 0.05) is 5.92 Å². The first-order chi connectivity index (χ1) is 14.1. The molecule has 1 aromatic rings. The second kappa shape index (κ2) is 10.4. The second-order valence-corrected chi connectivity index (χ2v) is 8.66. The van der Waals surface area contributed by atoms with Gasteiger partial charge in [0.1, 0.15) is 0 Å². The molecule has 0 heterocycles. The quantitative estimate of drug-likeness (QED) is 0.431. The number of allylic oxidation sites excluding steroid dienone is 1. The molecule has 164 valence electrons. The van der Waals surface area contributed by atoms with Gasteiger partial charge in [0.2, 0.25) is 11.5 Å². The summed E-state index contributed by atoms with van der Waals surface area (Å²) in [5.41, 5.74) is 1.66. The molecule has 0 radical (unpaired) electrons. The molecule has 1 saturated carbocycles. The minimum Gasteiger partial charge on any atom is -0.478 e. The monoisotopic (exact) mass is 414 g/mol. The average Bonchev–Trinajstić information content (AvgIpc) is 2.66. The van der Waals surface area contributed by atoms with Crippen LogP contribution in [0.5, 0.6) is 0 Å². The molecule has 2 N–H and O–H groups in total. The Kier molecular flexibility index (Phi) is 8.21. The van der Waals surface area contributed by atoms with Crippen molar-refractivity contribution in [1.29, 1.82) is 0 Å². The largest absolute Gasteiger partial charge is 0.478 e. The number of hydrogen-bond acceptors (Lipinski definition) is 4. The van der Waals surface area contributed by atoms with Crippen molar-refractivity contribution in [2.45, 2.75) is 71.8 Å². The van der Waals surface area contributed by atoms with Gasteiger partial charge < -0.3 is 15.3 Å². The van der Waals surface area contributed by atoms with Gasteiger partial charge in [0.05, 0.1) is 12.1 Å². The van der Waals surface area contributed by atoms with E-state index in [-0.39, 0.29) is 11.8 Å². The third kappa shape index (κ3) is 6.44. The third-order valence-corrected chi connectivity index (χ3v) is 5.83.